The molecule has 3 aromatic rings. The van der Waals surface area contributed by atoms with Gasteiger partial charge in [0.05, 0.1) is 53.6 Å². The Hall–Kier alpha value is -3.86. The molecule has 0 atom stereocenters. The summed E-state index contributed by atoms with van der Waals surface area (Å²) in [7, 11) is 0. The van der Waals surface area contributed by atoms with E-state index in [9.17, 15) is 14.0 Å². The number of carbonyl (C=O) groups excluding carboxylic acids is 2. The molecule has 2 saturated heterocycles. The number of hydrogen-bond donors (Lipinski definition) is 1. The highest BCUT2D eigenvalue weighted by Crippen LogP contribution is 2.37. The Morgan fingerprint density at radius 1 is 1.00 bits per heavy atom. The van der Waals surface area contributed by atoms with Gasteiger partial charge in [-0.3, -0.25) is 14.6 Å². The first-order chi connectivity index (χ1) is 18.4. The Kier molecular flexibility index (Phi) is 7.37. The summed E-state index contributed by atoms with van der Waals surface area (Å²) in [5, 5.41) is 3.51. The minimum atomic E-state index is -0.715. The van der Waals surface area contributed by atoms with E-state index < -0.39 is 23.3 Å². The number of pyridine rings is 2. The Balaban J connectivity index is 1.49. The molecule has 0 bridgehead atoms. The highest BCUT2D eigenvalue weighted by atomic mass is 19.1. The number of morpholine rings is 1. The van der Waals surface area contributed by atoms with Crippen molar-refractivity contribution in [1.82, 2.24) is 14.9 Å². The number of ketones is 1. The predicted octanol–water partition coefficient (Wildman–Crippen LogP) is 3.42. The largest absolute Gasteiger partial charge is 0.378 e. The third-order valence-corrected chi connectivity index (χ3v) is 7.02. The summed E-state index contributed by atoms with van der Waals surface area (Å²) in [6, 6.07) is 4.01. The van der Waals surface area contributed by atoms with E-state index in [1.807, 2.05) is 17.9 Å². The van der Waals surface area contributed by atoms with Gasteiger partial charge in [-0.25, -0.2) is 13.8 Å². The van der Waals surface area contributed by atoms with E-state index in [4.69, 9.17) is 4.74 Å². The number of halogens is 2. The van der Waals surface area contributed by atoms with Gasteiger partial charge in [-0.1, -0.05) is 6.92 Å². The minimum absolute atomic E-state index is 0.165. The van der Waals surface area contributed by atoms with Gasteiger partial charge in [0.25, 0.3) is 5.91 Å². The number of ether oxygens (including phenoxy) is 1. The molecule has 2 aromatic heterocycles. The van der Waals surface area contributed by atoms with Crippen molar-refractivity contribution in [3.8, 4) is 0 Å². The van der Waals surface area contributed by atoms with E-state index in [1.54, 1.807) is 24.2 Å². The number of Topliss-reactive ketones (excluding diaryl/α,β-unsaturated/α-hetero) is 1. The number of carbonyl (C=O) groups is 2. The number of rotatable bonds is 6. The van der Waals surface area contributed by atoms with Crippen LogP contribution in [0.1, 0.15) is 18.9 Å². The standard InChI is InChI=1S/C27H30F2N6O3/c1-3-23(36)27(37)35-6-4-34(5-7-35)26-17(2)25(24-21(29)12-18(28)13-22(24)32-26)31-19-14-20(16-30-15-19)33-8-10-38-11-9-33/h12-16H,3-11H2,1-2H3,(H,31,32). The average Bonchev–Trinajstić information content (AvgIpc) is 2.94. The molecule has 2 aliphatic heterocycles. The molecule has 11 heteroatoms. The first kappa shape index (κ1) is 25.8. The summed E-state index contributed by atoms with van der Waals surface area (Å²) in [5.74, 6) is -1.75. The normalized spacial score (nSPS) is 16.2. The Bertz CT molecular complexity index is 1370. The second-order valence-corrected chi connectivity index (χ2v) is 9.43. The van der Waals surface area contributed by atoms with Crippen LogP contribution in [0.4, 0.5) is 31.7 Å². The number of piperazine rings is 1. The third kappa shape index (κ3) is 5.10. The molecule has 0 saturated carbocycles. The lowest BCUT2D eigenvalue weighted by Gasteiger charge is -2.36. The quantitative estimate of drug-likeness (QED) is 0.491. The van der Waals surface area contributed by atoms with Crippen molar-refractivity contribution < 1.29 is 23.1 Å². The smallest absolute Gasteiger partial charge is 0.290 e. The van der Waals surface area contributed by atoms with E-state index in [0.717, 1.165) is 24.8 Å². The van der Waals surface area contributed by atoms with Crippen LogP contribution < -0.4 is 15.1 Å². The predicted molar refractivity (Wildman–Crippen MR) is 141 cm³/mol. The van der Waals surface area contributed by atoms with Crippen LogP contribution in [0.3, 0.4) is 0 Å². The lowest BCUT2D eigenvalue weighted by Crippen LogP contribution is -2.51. The van der Waals surface area contributed by atoms with E-state index in [2.05, 4.69) is 20.2 Å². The van der Waals surface area contributed by atoms with Crippen molar-refractivity contribution in [3.63, 3.8) is 0 Å². The molecule has 5 rings (SSSR count). The maximum absolute atomic E-state index is 15.1. The molecule has 0 aliphatic carbocycles. The molecule has 1 amide bonds. The molecular weight excluding hydrogens is 494 g/mol. The van der Waals surface area contributed by atoms with E-state index in [-0.39, 0.29) is 17.3 Å². The van der Waals surface area contributed by atoms with Gasteiger partial charge in [0.15, 0.2) is 0 Å². The van der Waals surface area contributed by atoms with Gasteiger partial charge < -0.3 is 24.8 Å². The SMILES string of the molecule is CCC(=O)C(=O)N1CCN(c2nc3cc(F)cc(F)c3c(Nc3cncc(N4CCOCC4)c3)c2C)CC1. The molecule has 38 heavy (non-hydrogen) atoms. The zero-order chi connectivity index (χ0) is 26.8. The monoisotopic (exact) mass is 524 g/mol. The second kappa shape index (κ2) is 10.9. The van der Waals surface area contributed by atoms with Gasteiger partial charge in [-0.15, -0.1) is 0 Å². The van der Waals surface area contributed by atoms with Gasteiger partial charge in [-0.2, -0.15) is 0 Å². The van der Waals surface area contributed by atoms with Crippen LogP contribution in [-0.4, -0.2) is 79.0 Å². The molecule has 0 spiro atoms. The number of anilines is 4. The third-order valence-electron chi connectivity index (χ3n) is 7.02. The van der Waals surface area contributed by atoms with Crippen molar-refractivity contribution in [2.75, 3.05) is 67.6 Å². The first-order valence-corrected chi connectivity index (χ1v) is 12.8. The highest BCUT2D eigenvalue weighted by Gasteiger charge is 2.28. The van der Waals surface area contributed by atoms with Crippen LogP contribution in [0.15, 0.2) is 30.6 Å². The van der Waals surface area contributed by atoms with Crippen molar-refractivity contribution in [3.05, 3.63) is 47.8 Å². The molecule has 2 aliphatic rings. The van der Waals surface area contributed by atoms with Gasteiger partial charge in [0.1, 0.15) is 17.5 Å². The van der Waals surface area contributed by atoms with Crippen molar-refractivity contribution in [2.24, 2.45) is 0 Å². The number of nitrogens with one attached hydrogen (secondary N) is 1. The molecule has 1 aromatic carbocycles. The lowest BCUT2D eigenvalue weighted by atomic mass is 10.1. The molecule has 0 unspecified atom stereocenters. The van der Waals surface area contributed by atoms with Crippen LogP contribution in [0.25, 0.3) is 10.9 Å². The topological polar surface area (TPSA) is 90.9 Å². The van der Waals surface area contributed by atoms with Crippen molar-refractivity contribution in [2.45, 2.75) is 20.3 Å². The van der Waals surface area contributed by atoms with Crippen molar-refractivity contribution >= 4 is 45.5 Å². The number of amides is 1. The highest BCUT2D eigenvalue weighted by molar-refractivity contribution is 6.36. The lowest BCUT2D eigenvalue weighted by molar-refractivity contribution is -0.144. The number of fused-ring (bicyclic) bond motifs is 1. The first-order valence-electron chi connectivity index (χ1n) is 12.8. The molecule has 0 radical (unpaired) electrons. The fourth-order valence-electron chi connectivity index (χ4n) is 4.94. The Morgan fingerprint density at radius 3 is 2.45 bits per heavy atom. The molecule has 200 valence electrons. The van der Waals surface area contributed by atoms with Crippen LogP contribution in [0.2, 0.25) is 0 Å². The maximum Gasteiger partial charge on any atom is 0.290 e. The van der Waals surface area contributed by atoms with Gasteiger partial charge in [-0.05, 0) is 13.0 Å². The number of aromatic nitrogens is 2. The molecule has 4 heterocycles. The van der Waals surface area contributed by atoms with Crippen LogP contribution in [0, 0.1) is 18.6 Å². The molecule has 1 N–H and O–H groups in total. The zero-order valence-electron chi connectivity index (χ0n) is 21.5. The van der Waals surface area contributed by atoms with Gasteiger partial charge >= 0.3 is 0 Å². The summed E-state index contributed by atoms with van der Waals surface area (Å²) in [5.41, 5.74) is 2.92. The summed E-state index contributed by atoms with van der Waals surface area (Å²) >= 11 is 0. The molecule has 9 nitrogen and oxygen atoms in total. The van der Waals surface area contributed by atoms with E-state index in [1.165, 1.54) is 6.07 Å². The van der Waals surface area contributed by atoms with Gasteiger partial charge in [0.2, 0.25) is 5.78 Å². The molecular formula is C27H30F2N6O3. The summed E-state index contributed by atoms with van der Waals surface area (Å²) < 4.78 is 34.8. The number of benzene rings is 1. The van der Waals surface area contributed by atoms with Crippen LogP contribution in [0.5, 0.6) is 0 Å². The van der Waals surface area contributed by atoms with E-state index in [0.29, 0.717) is 62.1 Å². The summed E-state index contributed by atoms with van der Waals surface area (Å²) in [6.45, 7) is 7.86. The number of hydrogen-bond acceptors (Lipinski definition) is 8. The van der Waals surface area contributed by atoms with Crippen molar-refractivity contribution in [1.29, 1.82) is 0 Å². The average molecular weight is 525 g/mol. The summed E-state index contributed by atoms with van der Waals surface area (Å²) in [4.78, 5) is 38.9. The number of nitrogens with zero attached hydrogens (tertiary/aromatic N) is 5. The Labute approximate surface area is 219 Å². The minimum Gasteiger partial charge on any atom is -0.378 e. The maximum atomic E-state index is 15.1. The van der Waals surface area contributed by atoms with Gasteiger partial charge in [0, 0.05) is 63.4 Å². The fraction of sp³-hybridized carbons (Fsp3) is 0.407. The Morgan fingerprint density at radius 2 is 1.74 bits per heavy atom. The molecule has 2 fully saturated rings. The van der Waals surface area contributed by atoms with Crippen LogP contribution in [-0.2, 0) is 14.3 Å². The van der Waals surface area contributed by atoms with Crippen LogP contribution >= 0.6 is 0 Å². The van der Waals surface area contributed by atoms with E-state index >= 15 is 4.39 Å². The fourth-order valence-corrected chi connectivity index (χ4v) is 4.94. The zero-order valence-corrected chi connectivity index (χ0v) is 21.5. The summed E-state index contributed by atoms with van der Waals surface area (Å²) in [6.07, 6.45) is 3.60. The second-order valence-electron chi connectivity index (χ2n) is 9.43.